The van der Waals surface area contributed by atoms with Crippen molar-refractivity contribution in [3.8, 4) is 0 Å². The molecule has 0 aromatic heterocycles. The van der Waals surface area contributed by atoms with Crippen molar-refractivity contribution in [3.05, 3.63) is 69.5 Å². The molecule has 0 aliphatic heterocycles. The minimum Gasteiger partial charge on any atom is -0.352 e. The van der Waals surface area contributed by atoms with E-state index in [1.165, 1.54) is 17.0 Å². The Morgan fingerprint density at radius 3 is 2.34 bits per heavy atom. The fourth-order valence-corrected chi connectivity index (χ4v) is 3.23. The number of carbonyl (C=O) groups excluding carboxylic acids is 2. The van der Waals surface area contributed by atoms with Crippen LogP contribution in [0.4, 0.5) is 4.39 Å². The first kappa shape index (κ1) is 23.2. The van der Waals surface area contributed by atoms with Crippen molar-refractivity contribution in [3.63, 3.8) is 0 Å². The molecular weight excluding hydrogens is 414 g/mol. The smallest absolute Gasteiger partial charge is 0.242 e. The Balaban J connectivity index is 2.26. The lowest BCUT2D eigenvalue weighted by atomic mass is 10.1. The lowest BCUT2D eigenvalue weighted by Gasteiger charge is -2.30. The summed E-state index contributed by atoms with van der Waals surface area (Å²) in [4.78, 5) is 27.2. The number of amides is 2. The van der Waals surface area contributed by atoms with Gasteiger partial charge in [0, 0.05) is 22.6 Å². The molecule has 2 rings (SSSR count). The van der Waals surface area contributed by atoms with Crippen LogP contribution in [0.15, 0.2) is 42.5 Å². The van der Waals surface area contributed by atoms with Crippen LogP contribution in [0, 0.1) is 5.82 Å². The average molecular weight is 439 g/mol. The summed E-state index contributed by atoms with van der Waals surface area (Å²) >= 11 is 12.2. The number of hydrogen-bond donors (Lipinski definition) is 1. The Kier molecular flexibility index (Phi) is 8.47. The van der Waals surface area contributed by atoms with Crippen molar-refractivity contribution in [1.29, 1.82) is 0 Å². The molecule has 4 nitrogen and oxygen atoms in total. The Morgan fingerprint density at radius 1 is 1.10 bits per heavy atom. The minimum atomic E-state index is -0.705. The number of nitrogens with zero attached hydrogens (tertiary/aromatic N) is 1. The van der Waals surface area contributed by atoms with Gasteiger partial charge in [-0.3, -0.25) is 9.59 Å². The van der Waals surface area contributed by atoms with Gasteiger partial charge in [-0.2, -0.15) is 0 Å². The van der Waals surface area contributed by atoms with Crippen molar-refractivity contribution in [2.75, 3.05) is 0 Å². The van der Waals surface area contributed by atoms with Crippen LogP contribution in [0.2, 0.25) is 10.0 Å². The topological polar surface area (TPSA) is 49.4 Å². The van der Waals surface area contributed by atoms with Gasteiger partial charge < -0.3 is 10.2 Å². The van der Waals surface area contributed by atoms with Crippen LogP contribution < -0.4 is 5.32 Å². The third-order valence-corrected chi connectivity index (χ3v) is 5.38. The van der Waals surface area contributed by atoms with Crippen LogP contribution in [-0.2, 0) is 22.6 Å². The molecule has 0 saturated heterocycles. The molecule has 0 heterocycles. The van der Waals surface area contributed by atoms with E-state index >= 15 is 0 Å². The van der Waals surface area contributed by atoms with Gasteiger partial charge >= 0.3 is 0 Å². The van der Waals surface area contributed by atoms with Crippen LogP contribution in [-0.4, -0.2) is 28.8 Å². The number of halogens is 3. The fraction of sp³-hybridized carbons (Fsp3) is 0.364. The molecule has 156 valence electrons. The first-order valence-electron chi connectivity index (χ1n) is 9.49. The Bertz CT molecular complexity index is 858. The second kappa shape index (κ2) is 10.6. The Morgan fingerprint density at radius 2 is 1.76 bits per heavy atom. The van der Waals surface area contributed by atoms with Gasteiger partial charge in [-0.15, -0.1) is 0 Å². The lowest BCUT2D eigenvalue weighted by molar-refractivity contribution is -0.140. The Hall–Kier alpha value is -2.11. The van der Waals surface area contributed by atoms with E-state index in [-0.39, 0.29) is 36.6 Å². The molecule has 29 heavy (non-hydrogen) atoms. The summed E-state index contributed by atoms with van der Waals surface area (Å²) in [6.07, 6.45) is 0.831. The van der Waals surface area contributed by atoms with Crippen LogP contribution >= 0.6 is 23.2 Å². The molecule has 0 unspecified atom stereocenters. The van der Waals surface area contributed by atoms with E-state index in [0.717, 1.165) is 6.42 Å². The first-order chi connectivity index (χ1) is 13.7. The van der Waals surface area contributed by atoms with Crippen molar-refractivity contribution in [2.45, 2.75) is 52.2 Å². The molecule has 0 fully saturated rings. The summed E-state index contributed by atoms with van der Waals surface area (Å²) in [7, 11) is 0. The van der Waals surface area contributed by atoms with Gasteiger partial charge in [0.15, 0.2) is 0 Å². The van der Waals surface area contributed by atoms with E-state index in [2.05, 4.69) is 5.32 Å². The standard InChI is InChI=1S/C22H25Cl2FN2O2/c1-4-14(2)26-22(29)15(3)27(13-17-7-8-18(23)12-20(17)24)21(28)11-16-5-9-19(25)10-6-16/h5-10,12,14-15H,4,11,13H2,1-3H3,(H,26,29)/t14-,15+/m0/s1. The zero-order valence-corrected chi connectivity index (χ0v) is 18.2. The lowest BCUT2D eigenvalue weighted by Crippen LogP contribution is -2.49. The highest BCUT2D eigenvalue weighted by molar-refractivity contribution is 6.35. The van der Waals surface area contributed by atoms with Gasteiger partial charge in [0.2, 0.25) is 11.8 Å². The van der Waals surface area contributed by atoms with Crippen LogP contribution in [0.25, 0.3) is 0 Å². The van der Waals surface area contributed by atoms with Crippen LogP contribution in [0.5, 0.6) is 0 Å². The molecule has 2 atom stereocenters. The molecule has 0 saturated carbocycles. The van der Waals surface area contributed by atoms with Crippen molar-refractivity contribution >= 4 is 35.0 Å². The molecule has 2 amide bonds. The highest BCUT2D eigenvalue weighted by Gasteiger charge is 2.27. The molecule has 0 radical (unpaired) electrons. The molecule has 1 N–H and O–H groups in total. The van der Waals surface area contributed by atoms with Gasteiger partial charge in [-0.1, -0.05) is 48.3 Å². The maximum atomic E-state index is 13.2. The number of nitrogens with one attached hydrogen (secondary N) is 1. The predicted molar refractivity (Wildman–Crippen MR) is 114 cm³/mol. The van der Waals surface area contributed by atoms with Crippen molar-refractivity contribution < 1.29 is 14.0 Å². The highest BCUT2D eigenvalue weighted by Crippen LogP contribution is 2.23. The second-order valence-electron chi connectivity index (χ2n) is 7.05. The maximum absolute atomic E-state index is 13.2. The summed E-state index contributed by atoms with van der Waals surface area (Å²) < 4.78 is 13.2. The third-order valence-electron chi connectivity index (χ3n) is 4.79. The highest BCUT2D eigenvalue weighted by atomic mass is 35.5. The summed E-state index contributed by atoms with van der Waals surface area (Å²) in [5.41, 5.74) is 1.35. The van der Waals surface area contributed by atoms with E-state index in [0.29, 0.717) is 21.2 Å². The van der Waals surface area contributed by atoms with Gasteiger partial charge in [0.1, 0.15) is 11.9 Å². The van der Waals surface area contributed by atoms with E-state index in [4.69, 9.17) is 23.2 Å². The zero-order valence-electron chi connectivity index (χ0n) is 16.7. The fourth-order valence-electron chi connectivity index (χ4n) is 2.76. The first-order valence-corrected chi connectivity index (χ1v) is 10.2. The summed E-state index contributed by atoms with van der Waals surface area (Å²) in [5.74, 6) is -0.862. The quantitative estimate of drug-likeness (QED) is 0.629. The van der Waals surface area contributed by atoms with Crippen molar-refractivity contribution in [2.24, 2.45) is 0 Å². The SMILES string of the molecule is CC[C@H](C)NC(=O)[C@@H](C)N(Cc1ccc(Cl)cc1Cl)C(=O)Cc1ccc(F)cc1. The number of rotatable bonds is 8. The molecule has 2 aromatic carbocycles. The number of carbonyl (C=O) groups is 2. The van der Waals surface area contributed by atoms with Gasteiger partial charge in [-0.05, 0) is 55.7 Å². The molecule has 0 aliphatic rings. The number of benzene rings is 2. The predicted octanol–water partition coefficient (Wildman–Crippen LogP) is 5.01. The minimum absolute atomic E-state index is 0.00174. The van der Waals surface area contributed by atoms with Gasteiger partial charge in [0.25, 0.3) is 0 Å². The number of hydrogen-bond acceptors (Lipinski definition) is 2. The van der Waals surface area contributed by atoms with E-state index in [1.807, 2.05) is 13.8 Å². The largest absolute Gasteiger partial charge is 0.352 e. The second-order valence-corrected chi connectivity index (χ2v) is 7.90. The third kappa shape index (κ3) is 6.72. The van der Waals surface area contributed by atoms with Crippen molar-refractivity contribution in [1.82, 2.24) is 10.2 Å². The van der Waals surface area contributed by atoms with Crippen LogP contribution in [0.3, 0.4) is 0 Å². The molecular formula is C22H25Cl2FN2O2. The molecule has 0 bridgehead atoms. The molecule has 0 aliphatic carbocycles. The molecule has 2 aromatic rings. The molecule has 7 heteroatoms. The Labute approximate surface area is 181 Å². The normalized spacial score (nSPS) is 12.9. The molecule has 0 spiro atoms. The summed E-state index contributed by atoms with van der Waals surface area (Å²) in [6, 6.07) is 10.1. The van der Waals surface area contributed by atoms with Gasteiger partial charge in [0.05, 0.1) is 6.42 Å². The van der Waals surface area contributed by atoms with Crippen LogP contribution in [0.1, 0.15) is 38.3 Å². The zero-order chi connectivity index (χ0) is 21.6. The van der Waals surface area contributed by atoms with E-state index in [1.54, 1.807) is 37.3 Å². The maximum Gasteiger partial charge on any atom is 0.242 e. The van der Waals surface area contributed by atoms with E-state index < -0.39 is 6.04 Å². The summed E-state index contributed by atoms with van der Waals surface area (Å²) in [6.45, 7) is 5.72. The monoisotopic (exact) mass is 438 g/mol. The van der Waals surface area contributed by atoms with E-state index in [9.17, 15) is 14.0 Å². The summed E-state index contributed by atoms with van der Waals surface area (Å²) in [5, 5.41) is 3.82. The average Bonchev–Trinajstić information content (AvgIpc) is 2.68. The van der Waals surface area contributed by atoms with Gasteiger partial charge in [-0.25, -0.2) is 4.39 Å².